The van der Waals surface area contributed by atoms with Gasteiger partial charge in [0.15, 0.2) is 0 Å². The van der Waals surface area contributed by atoms with Gasteiger partial charge in [0.2, 0.25) is 0 Å². The van der Waals surface area contributed by atoms with E-state index >= 15 is 0 Å². The average molecular weight is 697 g/mol. The SMILES string of the molecule is [O-]c1c(Cl)c(Cl)c(Cl)c(Cl)c1Cl.[PH3+]CCCCCCCCCCCC(c1ccccc1)(c1ccccc1)c1ccccc1. The molecule has 0 saturated heterocycles. The van der Waals surface area contributed by atoms with Gasteiger partial charge in [-0.2, -0.15) is 0 Å². The molecule has 1 unspecified atom stereocenters. The molecule has 4 aromatic rings. The average Bonchev–Trinajstić information content (AvgIpc) is 3.06. The molecule has 0 amide bonds. The van der Waals surface area contributed by atoms with Crippen molar-refractivity contribution >= 4 is 67.2 Å². The third-order valence-corrected chi connectivity index (χ3v) is 10.5. The lowest BCUT2D eigenvalue weighted by Gasteiger charge is -2.36. The van der Waals surface area contributed by atoms with E-state index in [2.05, 4.69) is 100 Å². The zero-order chi connectivity index (χ0) is 31.1. The Bertz CT molecular complexity index is 1170. The molecule has 1 atom stereocenters. The maximum Gasteiger partial charge on any atom is 0.0808 e. The van der Waals surface area contributed by atoms with Crippen LogP contribution in [0.2, 0.25) is 25.1 Å². The highest BCUT2D eigenvalue weighted by atomic mass is 35.5. The molecule has 4 rings (SSSR count). The van der Waals surface area contributed by atoms with Crippen LogP contribution < -0.4 is 5.11 Å². The van der Waals surface area contributed by atoms with E-state index in [0.717, 1.165) is 6.42 Å². The van der Waals surface area contributed by atoms with Crippen LogP contribution in [0.5, 0.6) is 5.75 Å². The van der Waals surface area contributed by atoms with Gasteiger partial charge < -0.3 is 5.11 Å². The van der Waals surface area contributed by atoms with Crippen molar-refractivity contribution in [3.05, 3.63) is 133 Å². The third kappa shape index (κ3) is 10.0. The third-order valence-electron chi connectivity index (χ3n) is 7.77. The second kappa shape index (κ2) is 19.2. The first-order chi connectivity index (χ1) is 20.8. The Hall–Kier alpha value is -1.44. The Balaban J connectivity index is 0.000000353. The summed E-state index contributed by atoms with van der Waals surface area (Å²) in [7, 11) is 2.11. The molecule has 230 valence electrons. The topological polar surface area (TPSA) is 23.1 Å². The summed E-state index contributed by atoms with van der Waals surface area (Å²) in [5.41, 5.74) is 4.14. The van der Waals surface area contributed by atoms with Gasteiger partial charge in [-0.25, -0.2) is 0 Å². The highest BCUT2D eigenvalue weighted by molar-refractivity contribution is 7.16. The van der Waals surface area contributed by atoms with E-state index in [1.165, 1.54) is 80.6 Å². The van der Waals surface area contributed by atoms with Crippen LogP contribution in [0.25, 0.3) is 0 Å². The first-order valence-electron chi connectivity index (χ1n) is 15.0. The highest BCUT2D eigenvalue weighted by Crippen LogP contribution is 2.46. The van der Waals surface area contributed by atoms with Crippen molar-refractivity contribution in [2.75, 3.05) is 6.16 Å². The molecule has 0 saturated carbocycles. The van der Waals surface area contributed by atoms with Gasteiger partial charge in [0.25, 0.3) is 0 Å². The van der Waals surface area contributed by atoms with Gasteiger partial charge in [-0.1, -0.05) is 200 Å². The lowest BCUT2D eigenvalue weighted by molar-refractivity contribution is -0.267. The van der Waals surface area contributed by atoms with Crippen molar-refractivity contribution in [2.24, 2.45) is 0 Å². The van der Waals surface area contributed by atoms with Crippen LogP contribution in [0.1, 0.15) is 80.9 Å². The van der Waals surface area contributed by atoms with E-state index in [9.17, 15) is 5.11 Å². The van der Waals surface area contributed by atoms with Crippen molar-refractivity contribution in [2.45, 2.75) is 69.6 Å². The van der Waals surface area contributed by atoms with Crippen LogP contribution >= 0.6 is 67.2 Å². The van der Waals surface area contributed by atoms with E-state index in [0.29, 0.717) is 0 Å². The molecule has 0 fully saturated rings. The first-order valence-corrected chi connectivity index (χ1v) is 17.9. The molecule has 4 aromatic carbocycles. The maximum absolute atomic E-state index is 11.1. The van der Waals surface area contributed by atoms with Crippen molar-refractivity contribution < 1.29 is 5.11 Å². The van der Waals surface area contributed by atoms with Crippen LogP contribution in [0, 0.1) is 0 Å². The molecule has 0 aliphatic rings. The molecular formula is C36H40Cl5OP. The van der Waals surface area contributed by atoms with Crippen molar-refractivity contribution in [1.29, 1.82) is 0 Å². The summed E-state index contributed by atoms with van der Waals surface area (Å²) >= 11 is 27.7. The molecule has 0 N–H and O–H groups in total. The minimum absolute atomic E-state index is 0.00654. The van der Waals surface area contributed by atoms with E-state index < -0.39 is 5.75 Å². The van der Waals surface area contributed by atoms with Crippen molar-refractivity contribution in [3.8, 4) is 5.75 Å². The van der Waals surface area contributed by atoms with Gasteiger partial charge in [0.1, 0.15) is 0 Å². The predicted molar refractivity (Wildman–Crippen MR) is 192 cm³/mol. The Morgan fingerprint density at radius 2 is 0.744 bits per heavy atom. The first kappa shape index (κ1) is 36.0. The summed E-state index contributed by atoms with van der Waals surface area (Å²) < 4.78 is 0. The molecule has 0 aliphatic carbocycles. The summed E-state index contributed by atoms with van der Waals surface area (Å²) in [5.74, 6) is -0.613. The molecule has 0 aromatic heterocycles. The fourth-order valence-corrected chi connectivity index (χ4v) is 6.96. The summed E-state index contributed by atoms with van der Waals surface area (Å²) in [6.07, 6.45) is 15.0. The van der Waals surface area contributed by atoms with Crippen LogP contribution in [-0.4, -0.2) is 6.16 Å². The second-order valence-electron chi connectivity index (χ2n) is 10.7. The van der Waals surface area contributed by atoms with E-state index in [1.807, 2.05) is 0 Å². The molecule has 0 bridgehead atoms. The highest BCUT2D eigenvalue weighted by Gasteiger charge is 2.35. The molecule has 7 heteroatoms. The lowest BCUT2D eigenvalue weighted by atomic mass is 9.66. The normalized spacial score (nSPS) is 11.3. The van der Waals surface area contributed by atoms with Gasteiger partial charge in [-0.3, -0.25) is 0 Å². The standard InChI is InChI=1S/C30H39P.C6HCl5O/c31-26-18-7-5-3-1-2-4-6-17-25-30(27-19-11-8-12-20-27,28-21-13-9-14-22-28)29-23-15-10-16-24-29;7-1-2(8)4(10)6(12)5(11)3(1)9/h8-16,19-24H,1-7,17-18,25-26,31H2;12H. The summed E-state index contributed by atoms with van der Waals surface area (Å²) in [6.45, 7) is 0. The maximum atomic E-state index is 11.1. The number of hydrogen-bond acceptors (Lipinski definition) is 1. The summed E-state index contributed by atoms with van der Waals surface area (Å²) in [5, 5.41) is 10.5. The molecule has 0 spiro atoms. The van der Waals surface area contributed by atoms with Crippen LogP contribution in [-0.2, 0) is 5.41 Å². The largest absolute Gasteiger partial charge is 0.870 e. The van der Waals surface area contributed by atoms with Crippen molar-refractivity contribution in [1.82, 2.24) is 0 Å². The quantitative estimate of drug-likeness (QED) is 0.0423. The van der Waals surface area contributed by atoms with Gasteiger partial charge in [0, 0.05) is 5.41 Å². The number of hydrogen-bond donors (Lipinski definition) is 0. The van der Waals surface area contributed by atoms with E-state index in [4.69, 9.17) is 58.0 Å². The van der Waals surface area contributed by atoms with Crippen LogP contribution in [0.4, 0.5) is 0 Å². The molecule has 43 heavy (non-hydrogen) atoms. The summed E-state index contributed by atoms with van der Waals surface area (Å²) in [6, 6.07) is 33.4. The van der Waals surface area contributed by atoms with E-state index in [-0.39, 0.29) is 30.5 Å². The Morgan fingerprint density at radius 1 is 0.442 bits per heavy atom. The monoisotopic (exact) mass is 694 g/mol. The van der Waals surface area contributed by atoms with Crippen LogP contribution in [0.15, 0.2) is 91.0 Å². The molecular weight excluding hydrogens is 657 g/mol. The molecule has 0 heterocycles. The van der Waals surface area contributed by atoms with E-state index in [1.54, 1.807) is 0 Å². The smallest absolute Gasteiger partial charge is 0.0808 e. The Kier molecular flexibility index (Phi) is 16.1. The predicted octanol–water partition coefficient (Wildman–Crippen LogP) is 12.6. The fourth-order valence-electron chi connectivity index (χ4n) is 5.49. The lowest BCUT2D eigenvalue weighted by Crippen LogP contribution is -2.29. The molecule has 0 aliphatic heterocycles. The number of unbranched alkanes of at least 4 members (excludes halogenated alkanes) is 8. The molecule has 0 radical (unpaired) electrons. The second-order valence-corrected chi connectivity index (χ2v) is 13.3. The number of benzene rings is 4. The van der Waals surface area contributed by atoms with Crippen LogP contribution in [0.3, 0.4) is 0 Å². The zero-order valence-electron chi connectivity index (χ0n) is 24.4. The van der Waals surface area contributed by atoms with Gasteiger partial charge in [0.05, 0.1) is 31.3 Å². The Labute approximate surface area is 285 Å². The van der Waals surface area contributed by atoms with Gasteiger partial charge in [-0.15, -0.1) is 0 Å². The fraction of sp³-hybridized carbons (Fsp3) is 0.333. The molecule has 1 nitrogen and oxygen atoms in total. The zero-order valence-corrected chi connectivity index (χ0v) is 29.6. The minimum atomic E-state index is -0.613. The van der Waals surface area contributed by atoms with Gasteiger partial charge >= 0.3 is 0 Å². The summed E-state index contributed by atoms with van der Waals surface area (Å²) in [4.78, 5) is 0. The van der Waals surface area contributed by atoms with Gasteiger partial charge in [-0.05, 0) is 45.2 Å². The van der Waals surface area contributed by atoms with Crippen molar-refractivity contribution in [3.63, 3.8) is 0 Å². The number of halogens is 5. The minimum Gasteiger partial charge on any atom is -0.870 e. The Morgan fingerprint density at radius 3 is 1.09 bits per heavy atom. The number of rotatable bonds is 14.